The summed E-state index contributed by atoms with van der Waals surface area (Å²) in [6, 6.07) is 0.270. The summed E-state index contributed by atoms with van der Waals surface area (Å²) >= 11 is 0. The first-order chi connectivity index (χ1) is 4.35. The van der Waals surface area contributed by atoms with Crippen LogP contribution in [0.5, 0.6) is 0 Å². The molecule has 0 unspecified atom stereocenters. The van der Waals surface area contributed by atoms with Crippen LogP contribution in [0.25, 0.3) is 0 Å². The molecule has 0 rings (SSSR count). The third-order valence-electron chi connectivity index (χ3n) is 1.18. The van der Waals surface area contributed by atoms with Crippen molar-refractivity contribution in [3.8, 4) is 0 Å². The highest BCUT2D eigenvalue weighted by Gasteiger charge is 1.98. The molecule has 0 fully saturated rings. The van der Waals surface area contributed by atoms with Gasteiger partial charge < -0.3 is 16.8 Å². The van der Waals surface area contributed by atoms with Crippen LogP contribution in [-0.4, -0.2) is 25.7 Å². The Balaban J connectivity index is 3.09. The van der Waals surface area contributed by atoms with Gasteiger partial charge in [0.05, 0.1) is 0 Å². The highest BCUT2D eigenvalue weighted by Crippen LogP contribution is 1.76. The van der Waals surface area contributed by atoms with E-state index in [1.165, 1.54) is 0 Å². The van der Waals surface area contributed by atoms with Gasteiger partial charge in [0.15, 0.2) is 0 Å². The summed E-state index contributed by atoms with van der Waals surface area (Å²) in [6.07, 6.45) is 0.885. The van der Waals surface area contributed by atoms with Crippen molar-refractivity contribution >= 4 is 0 Å². The van der Waals surface area contributed by atoms with E-state index in [1.807, 2.05) is 0 Å². The number of rotatable bonds is 5. The van der Waals surface area contributed by atoms with E-state index in [2.05, 4.69) is 12.2 Å². The second-order valence-electron chi connectivity index (χ2n) is 1.98. The molecule has 55 valence electrons. The van der Waals surface area contributed by atoms with E-state index in [0.29, 0.717) is 13.1 Å². The summed E-state index contributed by atoms with van der Waals surface area (Å²) in [7, 11) is 0. The number of hydrogen-bond donors (Lipinski definition) is 3. The summed E-state index contributed by atoms with van der Waals surface area (Å²) in [5.41, 5.74) is 10.7. The Labute approximate surface area is 56.8 Å². The first-order valence-electron chi connectivity index (χ1n) is 3.28. The summed E-state index contributed by atoms with van der Waals surface area (Å²) in [5.74, 6) is 0. The third-order valence-corrected chi connectivity index (χ3v) is 1.18. The van der Waals surface area contributed by atoms with Gasteiger partial charge in [-0.05, 0) is 13.0 Å². The molecule has 0 aromatic carbocycles. The second-order valence-corrected chi connectivity index (χ2v) is 1.98. The molecule has 0 aromatic rings. The van der Waals surface area contributed by atoms with E-state index in [9.17, 15) is 0 Å². The molecule has 0 aliphatic rings. The molecule has 0 aromatic heterocycles. The van der Waals surface area contributed by atoms with Crippen molar-refractivity contribution in [1.82, 2.24) is 5.32 Å². The molecule has 0 heterocycles. The lowest BCUT2D eigenvalue weighted by molar-refractivity contribution is 0.532. The van der Waals surface area contributed by atoms with Crippen molar-refractivity contribution in [1.29, 1.82) is 0 Å². The third kappa shape index (κ3) is 4.39. The van der Waals surface area contributed by atoms with Crippen LogP contribution < -0.4 is 16.8 Å². The van der Waals surface area contributed by atoms with Gasteiger partial charge in [-0.1, -0.05) is 6.92 Å². The summed E-state index contributed by atoms with van der Waals surface area (Å²) in [4.78, 5) is 0. The van der Waals surface area contributed by atoms with Crippen LogP contribution in [0.4, 0.5) is 0 Å². The van der Waals surface area contributed by atoms with E-state index >= 15 is 0 Å². The van der Waals surface area contributed by atoms with E-state index in [4.69, 9.17) is 11.5 Å². The Bertz CT molecular complexity index is 52.3. The van der Waals surface area contributed by atoms with Gasteiger partial charge in [-0.3, -0.25) is 0 Å². The predicted octanol–water partition coefficient (Wildman–Crippen LogP) is -0.914. The average Bonchev–Trinajstić information content (AvgIpc) is 1.91. The van der Waals surface area contributed by atoms with E-state index < -0.39 is 0 Å². The topological polar surface area (TPSA) is 64.1 Å². The normalized spacial score (nSPS) is 10.7. The zero-order chi connectivity index (χ0) is 7.11. The van der Waals surface area contributed by atoms with Crippen LogP contribution in [0.2, 0.25) is 0 Å². The molecule has 0 amide bonds. The molecule has 9 heavy (non-hydrogen) atoms. The molecular formula is C6H16N3. The van der Waals surface area contributed by atoms with Gasteiger partial charge in [0.25, 0.3) is 0 Å². The van der Waals surface area contributed by atoms with Gasteiger partial charge in [-0.15, -0.1) is 0 Å². The molecular weight excluding hydrogens is 114 g/mol. The van der Waals surface area contributed by atoms with Crippen molar-refractivity contribution in [2.24, 2.45) is 11.5 Å². The number of nitrogens with two attached hydrogens (primary N) is 2. The Morgan fingerprint density at radius 3 is 2.22 bits per heavy atom. The second kappa shape index (κ2) is 6.01. The molecule has 0 aliphatic heterocycles. The highest BCUT2D eigenvalue weighted by atomic mass is 14.9. The van der Waals surface area contributed by atoms with Crippen LogP contribution in [0, 0.1) is 6.92 Å². The van der Waals surface area contributed by atoms with Crippen LogP contribution in [0.1, 0.15) is 6.42 Å². The fourth-order valence-electron chi connectivity index (χ4n) is 0.569. The van der Waals surface area contributed by atoms with Crippen molar-refractivity contribution in [3.63, 3.8) is 0 Å². The van der Waals surface area contributed by atoms with Crippen LogP contribution >= 0.6 is 0 Å². The van der Waals surface area contributed by atoms with Crippen LogP contribution in [0.15, 0.2) is 0 Å². The summed E-state index contributed by atoms with van der Waals surface area (Å²) < 4.78 is 0. The molecule has 0 saturated carbocycles. The molecule has 0 bridgehead atoms. The van der Waals surface area contributed by atoms with Crippen molar-refractivity contribution in [3.05, 3.63) is 6.92 Å². The lowest BCUT2D eigenvalue weighted by Crippen LogP contribution is -2.42. The molecule has 3 nitrogen and oxygen atoms in total. The number of nitrogens with one attached hydrogen (secondary N) is 1. The average molecular weight is 130 g/mol. The van der Waals surface area contributed by atoms with Gasteiger partial charge in [0, 0.05) is 19.1 Å². The highest BCUT2D eigenvalue weighted by molar-refractivity contribution is 4.67. The maximum absolute atomic E-state index is 5.36. The maximum atomic E-state index is 5.36. The van der Waals surface area contributed by atoms with E-state index in [-0.39, 0.29) is 6.04 Å². The van der Waals surface area contributed by atoms with Crippen molar-refractivity contribution < 1.29 is 0 Å². The van der Waals surface area contributed by atoms with Crippen molar-refractivity contribution in [2.45, 2.75) is 12.5 Å². The zero-order valence-corrected chi connectivity index (χ0v) is 5.77. The quantitative estimate of drug-likeness (QED) is 0.451. The lowest BCUT2D eigenvalue weighted by Gasteiger charge is -2.12. The Hall–Kier alpha value is -0.120. The Morgan fingerprint density at radius 2 is 1.89 bits per heavy atom. The molecule has 3 heteroatoms. The van der Waals surface area contributed by atoms with Gasteiger partial charge in [-0.25, -0.2) is 0 Å². The van der Waals surface area contributed by atoms with Gasteiger partial charge in [0.2, 0.25) is 0 Å². The molecule has 0 spiro atoms. The van der Waals surface area contributed by atoms with Gasteiger partial charge in [-0.2, -0.15) is 0 Å². The van der Waals surface area contributed by atoms with Gasteiger partial charge >= 0.3 is 0 Å². The van der Waals surface area contributed by atoms with E-state index in [0.717, 1.165) is 13.0 Å². The van der Waals surface area contributed by atoms with Crippen LogP contribution in [-0.2, 0) is 0 Å². The maximum Gasteiger partial charge on any atom is 0.0313 e. The van der Waals surface area contributed by atoms with E-state index in [1.54, 1.807) is 0 Å². The fourth-order valence-corrected chi connectivity index (χ4v) is 0.569. The molecule has 0 atom stereocenters. The van der Waals surface area contributed by atoms with Crippen LogP contribution in [0.3, 0.4) is 0 Å². The molecule has 1 radical (unpaired) electrons. The fraction of sp³-hybridized carbons (Fsp3) is 0.833. The minimum Gasteiger partial charge on any atom is -0.329 e. The van der Waals surface area contributed by atoms with Gasteiger partial charge in [0.1, 0.15) is 0 Å². The van der Waals surface area contributed by atoms with Crippen molar-refractivity contribution in [2.75, 3.05) is 19.6 Å². The monoisotopic (exact) mass is 130 g/mol. The minimum atomic E-state index is 0.270. The Kier molecular flexibility index (Phi) is 5.93. The minimum absolute atomic E-state index is 0.270. The Morgan fingerprint density at radius 1 is 1.33 bits per heavy atom. The lowest BCUT2D eigenvalue weighted by atomic mass is 10.3. The number of hydrogen-bond acceptors (Lipinski definition) is 3. The first kappa shape index (κ1) is 8.88. The first-order valence-corrected chi connectivity index (χ1v) is 3.28. The summed E-state index contributed by atoms with van der Waals surface area (Å²) in [6.45, 7) is 5.80. The molecule has 0 aliphatic carbocycles. The largest absolute Gasteiger partial charge is 0.329 e. The molecule has 0 saturated heterocycles. The smallest absolute Gasteiger partial charge is 0.0313 e. The SMILES string of the molecule is [CH2]CCNC(CN)CN. The zero-order valence-electron chi connectivity index (χ0n) is 5.77. The summed E-state index contributed by atoms with van der Waals surface area (Å²) in [5, 5.41) is 3.16. The molecule has 5 N–H and O–H groups in total. The standard InChI is InChI=1S/C6H16N3/c1-2-3-9-6(4-7)5-8/h6,9H,1-5,7-8H2. The predicted molar refractivity (Wildman–Crippen MR) is 39.9 cm³/mol.